The molecule has 7 saturated heterocycles. The highest BCUT2D eigenvalue weighted by atomic mass is 16.8. The minimum Gasteiger partial charge on any atom is -0.394 e. The largest absolute Gasteiger partial charge is 0.394 e. The van der Waals surface area contributed by atoms with Gasteiger partial charge >= 0.3 is 0 Å². The van der Waals surface area contributed by atoms with Gasteiger partial charge in [-0.15, -0.1) is 0 Å². The monoisotopic (exact) mass is 1770 g/mol. The first-order valence-corrected chi connectivity index (χ1v) is 44.3. The summed E-state index contributed by atoms with van der Waals surface area (Å²) >= 11 is 0. The van der Waals surface area contributed by atoms with Gasteiger partial charge in [0, 0.05) is 20.3 Å². The Labute approximate surface area is 713 Å². The SMILES string of the molecule is CCCCCCCCCCCCC/C=C/[C@@H](O)[C@H](CO[C@@H]1OC(CO)[C@@H](O[C@@H]2OC(CO)[C@H](O)[C@H](O[C@@H]3OC(CO)[C@@H](O)[C@H](O[C@@H]4OC(CO)[C@H](O)[C@H](O[C@@H]5OC(CO)[C@@H](O[C@H]6OC(C)[C@@H](O)C(O)[C@@H]6O)[C@H](O[C@@H]6OC(CO)[C@H](O)[C@H](O)C6O)C5NC(C)=O)C4O)C3NC(C)=O)C2O)[C@H](O)C1O)NC(=O)CCCCCCCCCCCCCCCCC. The Morgan fingerprint density at radius 2 is 0.664 bits per heavy atom. The summed E-state index contributed by atoms with van der Waals surface area (Å²) in [6.07, 6.45) is -32.3. The number of hydrogen-bond donors (Lipinski definition) is 23. The molecule has 3 amide bonds. The van der Waals surface area contributed by atoms with Crippen LogP contribution in [-0.4, -0.2) is 393 Å². The lowest BCUT2D eigenvalue weighted by Gasteiger charge is -2.52. The van der Waals surface area contributed by atoms with Gasteiger partial charge in [-0.1, -0.05) is 180 Å². The number of aliphatic hydroxyl groups is 20. The van der Waals surface area contributed by atoms with Gasteiger partial charge in [-0.3, -0.25) is 14.4 Å². The van der Waals surface area contributed by atoms with Crippen LogP contribution in [0.4, 0.5) is 0 Å². The van der Waals surface area contributed by atoms with E-state index in [-0.39, 0.29) is 12.3 Å². The fourth-order valence-corrected chi connectivity index (χ4v) is 16.5. The van der Waals surface area contributed by atoms with E-state index in [2.05, 4.69) is 29.8 Å². The molecule has 7 aliphatic heterocycles. The number of nitrogens with one attached hydrogen (secondary N) is 3. The third-order valence-electron chi connectivity index (χ3n) is 23.8. The molecule has 37 atom stereocenters. The third-order valence-corrected chi connectivity index (χ3v) is 23.8. The molecule has 7 heterocycles. The van der Waals surface area contributed by atoms with Crippen molar-refractivity contribution in [1.82, 2.24) is 16.0 Å². The molecule has 122 heavy (non-hydrogen) atoms. The van der Waals surface area contributed by atoms with Crippen LogP contribution in [0.15, 0.2) is 12.2 Å². The minimum atomic E-state index is -2.39. The van der Waals surface area contributed by atoms with Crippen molar-refractivity contribution < 1.29 is 183 Å². The maximum absolute atomic E-state index is 13.6. The molecule has 0 bridgehead atoms. The van der Waals surface area contributed by atoms with Crippen LogP contribution in [-0.2, 0) is 80.7 Å². The zero-order valence-electron chi connectivity index (χ0n) is 71.1. The molecular weight excluding hydrogens is 1620 g/mol. The molecule has 7 aliphatic rings. The van der Waals surface area contributed by atoms with Gasteiger partial charge in [0.2, 0.25) is 17.7 Å². The Kier molecular flexibility index (Phi) is 47.8. The number of allylic oxidation sites excluding steroid dienone is 1. The number of carbonyl (C=O) groups is 3. The summed E-state index contributed by atoms with van der Waals surface area (Å²) in [7, 11) is 0. The Morgan fingerprint density at radius 3 is 1.11 bits per heavy atom. The second kappa shape index (κ2) is 55.1. The van der Waals surface area contributed by atoms with Crippen LogP contribution < -0.4 is 16.0 Å². The molecule has 40 nitrogen and oxygen atoms in total. The smallest absolute Gasteiger partial charge is 0.220 e. The Hall–Kier alpha value is -3.21. The molecule has 0 aromatic rings. The summed E-state index contributed by atoms with van der Waals surface area (Å²) in [6.45, 7) is 0.891. The number of amides is 3. The molecule has 0 aromatic carbocycles. The van der Waals surface area contributed by atoms with Gasteiger partial charge in [-0.25, -0.2) is 0 Å². The van der Waals surface area contributed by atoms with E-state index < -0.39 is 285 Å². The second-order valence-electron chi connectivity index (χ2n) is 33.4. The van der Waals surface area contributed by atoms with E-state index in [1.807, 2.05) is 6.08 Å². The van der Waals surface area contributed by atoms with Gasteiger partial charge in [0.05, 0.1) is 64.5 Å². The van der Waals surface area contributed by atoms with Gasteiger partial charge < -0.3 is 184 Å². The predicted octanol–water partition coefficient (Wildman–Crippen LogP) is -3.57. The quantitative estimate of drug-likeness (QED) is 0.0207. The molecule has 0 aromatic heterocycles. The van der Waals surface area contributed by atoms with Gasteiger partial charge in [0.15, 0.2) is 44.0 Å². The van der Waals surface area contributed by atoms with Gasteiger partial charge in [-0.05, 0) is 26.2 Å². The molecule has 712 valence electrons. The van der Waals surface area contributed by atoms with Gasteiger partial charge in [0.25, 0.3) is 0 Å². The van der Waals surface area contributed by atoms with E-state index in [9.17, 15) is 117 Å². The lowest BCUT2D eigenvalue weighted by molar-refractivity contribution is -0.392. The number of ether oxygens (including phenoxy) is 14. The van der Waals surface area contributed by atoms with Crippen molar-refractivity contribution in [2.75, 3.05) is 46.2 Å². The fourth-order valence-electron chi connectivity index (χ4n) is 16.5. The number of unbranched alkanes of at least 4 members (excludes halogenated alkanes) is 25. The Bertz CT molecular complexity index is 2910. The molecule has 23 N–H and O–H groups in total. The van der Waals surface area contributed by atoms with Crippen molar-refractivity contribution in [3.63, 3.8) is 0 Å². The summed E-state index contributed by atoms with van der Waals surface area (Å²) < 4.78 is 84.2. The van der Waals surface area contributed by atoms with Crippen molar-refractivity contribution in [2.45, 2.75) is 441 Å². The summed E-state index contributed by atoms with van der Waals surface area (Å²) in [5.41, 5.74) is 0. The zero-order valence-corrected chi connectivity index (χ0v) is 71.1. The van der Waals surface area contributed by atoms with E-state index in [0.717, 1.165) is 65.2 Å². The van der Waals surface area contributed by atoms with Crippen LogP contribution in [0.5, 0.6) is 0 Å². The summed E-state index contributed by atoms with van der Waals surface area (Å²) in [6, 6.07) is -4.92. The van der Waals surface area contributed by atoms with Crippen LogP contribution >= 0.6 is 0 Å². The van der Waals surface area contributed by atoms with E-state index in [1.54, 1.807) is 6.08 Å². The first-order chi connectivity index (χ1) is 58.5. The number of hydrogen-bond acceptors (Lipinski definition) is 37. The molecule has 14 unspecified atom stereocenters. The average molecular weight is 1770 g/mol. The Balaban J connectivity index is 1.05. The van der Waals surface area contributed by atoms with Crippen LogP contribution in [0.3, 0.4) is 0 Å². The normalized spacial score (nSPS) is 38.9. The third kappa shape index (κ3) is 30.7. The number of aliphatic hydroxyl groups excluding tert-OH is 20. The first kappa shape index (κ1) is 106. The highest BCUT2D eigenvalue weighted by molar-refractivity contribution is 5.76. The van der Waals surface area contributed by atoms with Crippen LogP contribution in [0, 0.1) is 0 Å². The summed E-state index contributed by atoms with van der Waals surface area (Å²) in [5.74, 6) is -2.21. The predicted molar refractivity (Wildman–Crippen MR) is 425 cm³/mol. The van der Waals surface area contributed by atoms with Crippen molar-refractivity contribution in [2.24, 2.45) is 0 Å². The molecule has 0 radical (unpaired) electrons. The lowest BCUT2D eigenvalue weighted by atomic mass is 9.93. The van der Waals surface area contributed by atoms with Crippen LogP contribution in [0.1, 0.15) is 214 Å². The first-order valence-electron chi connectivity index (χ1n) is 44.3. The summed E-state index contributed by atoms with van der Waals surface area (Å²) in [4.78, 5) is 40.2. The lowest BCUT2D eigenvalue weighted by Crippen LogP contribution is -2.72. The Morgan fingerprint density at radius 1 is 0.336 bits per heavy atom. The molecule has 7 fully saturated rings. The van der Waals surface area contributed by atoms with Gasteiger partial charge in [0.1, 0.15) is 165 Å². The van der Waals surface area contributed by atoms with Gasteiger partial charge in [-0.2, -0.15) is 0 Å². The highest BCUT2D eigenvalue weighted by Gasteiger charge is 2.60. The molecule has 0 saturated carbocycles. The minimum absolute atomic E-state index is 0.158. The maximum Gasteiger partial charge on any atom is 0.220 e. The molecule has 0 aliphatic carbocycles. The topological polar surface area (TPSA) is 621 Å². The zero-order chi connectivity index (χ0) is 89.3. The number of rotatable bonds is 54. The van der Waals surface area contributed by atoms with E-state index in [0.29, 0.717) is 12.8 Å². The maximum atomic E-state index is 13.6. The van der Waals surface area contributed by atoms with Crippen LogP contribution in [0.25, 0.3) is 0 Å². The molecule has 7 rings (SSSR count). The second-order valence-corrected chi connectivity index (χ2v) is 33.4. The van der Waals surface area contributed by atoms with Crippen LogP contribution in [0.2, 0.25) is 0 Å². The van der Waals surface area contributed by atoms with Crippen molar-refractivity contribution in [1.29, 1.82) is 0 Å². The van der Waals surface area contributed by atoms with E-state index >= 15 is 0 Å². The van der Waals surface area contributed by atoms with Crippen molar-refractivity contribution in [3.8, 4) is 0 Å². The van der Waals surface area contributed by atoms with Crippen molar-refractivity contribution >= 4 is 17.7 Å². The summed E-state index contributed by atoms with van der Waals surface area (Å²) in [5, 5.41) is 232. The molecular formula is C82H147N3O37. The molecule has 40 heteroatoms. The number of carbonyl (C=O) groups excluding carboxylic acids is 3. The van der Waals surface area contributed by atoms with E-state index in [1.165, 1.54) is 116 Å². The highest BCUT2D eigenvalue weighted by Crippen LogP contribution is 2.40. The van der Waals surface area contributed by atoms with Crippen molar-refractivity contribution in [3.05, 3.63) is 12.2 Å². The standard InChI is InChI=1S/C82H147N3O37/c1-6-8-10-12-14-16-18-20-21-23-25-27-29-31-33-35-54(95)85-46(47(94)34-32-30-28-26-24-22-19-17-15-13-11-9-7-2)42-109-78-67(106)64(103)70(52(40-90)116-78)117-81-68(107)74(60(99)50(38-88)113-81)121-76-55(83-44(4)92)72(59(98)49(37-87)111-76)119-82-69(108)75(61(100)51(39-89)114-82)122-77-56(84-45(5)93)73(120-80-66(105)63(102)58(97)48(36-86)112-80)71(53(41-91)115-77)118-79-65(104)62(101)57(96)43(3)110-79/h32,34,43,46-53,55-82,86-91,94,96-108H,6-31,33,35-42H2,1-5H3,(H,83,92)(H,84,93)(H,85,95)/b34-32+/t43?,46-,47+,48?,49?,50?,51?,52?,53?,55?,56?,57+,58-,59+,60-,61-,62?,63-,64+,65-,66?,67?,68?,69?,70+,71+,72+,73+,74-,75-,76-,77-,78+,79+,80-,81-,82-/m0/s1. The average Bonchev–Trinajstić information content (AvgIpc) is 0.765. The fraction of sp³-hybridized carbons (Fsp3) is 0.939. The van der Waals surface area contributed by atoms with E-state index in [4.69, 9.17) is 66.3 Å². The molecule has 0 spiro atoms.